The van der Waals surface area contributed by atoms with Gasteiger partial charge in [0.05, 0.1) is 5.75 Å². The maximum atomic E-state index is 12.1. The molecule has 1 saturated heterocycles. The van der Waals surface area contributed by atoms with Crippen LogP contribution in [0.3, 0.4) is 0 Å². The quantitative estimate of drug-likeness (QED) is 0.678. The summed E-state index contributed by atoms with van der Waals surface area (Å²) in [4.78, 5) is 6.73. The molecule has 1 aliphatic rings. The van der Waals surface area contributed by atoms with Gasteiger partial charge in [-0.2, -0.15) is 0 Å². The van der Waals surface area contributed by atoms with Gasteiger partial charge in [0.15, 0.2) is 0 Å². The summed E-state index contributed by atoms with van der Waals surface area (Å²) in [7, 11) is -3.15. The highest BCUT2D eigenvalue weighted by molar-refractivity contribution is 7.89. The number of hydrogen-bond donors (Lipinski definition) is 1. The fourth-order valence-corrected chi connectivity index (χ4v) is 4.70. The zero-order valence-electron chi connectivity index (χ0n) is 15.1. The first kappa shape index (κ1) is 24.6. The van der Waals surface area contributed by atoms with Crippen LogP contribution < -0.4 is 4.72 Å². The predicted octanol–water partition coefficient (Wildman–Crippen LogP) is 2.90. The molecule has 0 amide bonds. The number of rotatable bonds is 9. The van der Waals surface area contributed by atoms with E-state index >= 15 is 0 Å². The van der Waals surface area contributed by atoms with Crippen LogP contribution in [0.25, 0.3) is 0 Å². The Kier molecular flexibility index (Phi) is 11.9. The van der Waals surface area contributed by atoms with Gasteiger partial charge in [0, 0.05) is 44.0 Å². The van der Waals surface area contributed by atoms with Crippen molar-refractivity contribution < 1.29 is 8.42 Å². The molecule has 1 N–H and O–H groups in total. The maximum Gasteiger partial charge on any atom is 0.211 e. The number of sulfonamides is 1. The highest BCUT2D eigenvalue weighted by Crippen LogP contribution is 2.22. The van der Waals surface area contributed by atoms with E-state index in [-0.39, 0.29) is 36.6 Å². The summed E-state index contributed by atoms with van der Waals surface area (Å²) in [6.45, 7) is 6.77. The highest BCUT2D eigenvalue weighted by atomic mass is 35.5. The monoisotopic (exact) mass is 411 g/mol. The van der Waals surface area contributed by atoms with Crippen molar-refractivity contribution >= 4 is 34.8 Å². The molecule has 2 heterocycles. The molecule has 5 nitrogen and oxygen atoms in total. The number of nitrogens with zero attached hydrogens (tertiary/aromatic N) is 2. The van der Waals surface area contributed by atoms with Crippen molar-refractivity contribution in [3.05, 3.63) is 30.1 Å². The zero-order chi connectivity index (χ0) is 16.7. The summed E-state index contributed by atoms with van der Waals surface area (Å²) in [6, 6.07) is 6.03. The first-order chi connectivity index (χ1) is 11.0. The highest BCUT2D eigenvalue weighted by Gasteiger charge is 2.34. The molecule has 0 radical (unpaired) electrons. The average Bonchev–Trinajstić information content (AvgIpc) is 2.88. The minimum absolute atomic E-state index is 0. The van der Waals surface area contributed by atoms with Crippen molar-refractivity contribution in [1.82, 2.24) is 14.6 Å². The third kappa shape index (κ3) is 8.22. The van der Waals surface area contributed by atoms with Crippen molar-refractivity contribution in [2.75, 3.05) is 25.4 Å². The van der Waals surface area contributed by atoms with Gasteiger partial charge < -0.3 is 4.90 Å². The molecule has 1 aromatic rings. The maximum absolute atomic E-state index is 12.1. The fourth-order valence-electron chi connectivity index (χ4n) is 3.32. The summed E-state index contributed by atoms with van der Waals surface area (Å²) in [5.41, 5.74) is 1.09. The molecular weight excluding hydrogens is 381 g/mol. The van der Waals surface area contributed by atoms with Gasteiger partial charge in [0.2, 0.25) is 10.0 Å². The molecule has 146 valence electrons. The molecular formula is C17H31Cl2N3O2S. The molecule has 25 heavy (non-hydrogen) atoms. The third-order valence-corrected chi connectivity index (χ3v) is 6.00. The smallest absolute Gasteiger partial charge is 0.211 e. The van der Waals surface area contributed by atoms with Crippen molar-refractivity contribution in [3.63, 3.8) is 0 Å². The van der Waals surface area contributed by atoms with Crippen molar-refractivity contribution in [2.45, 2.75) is 45.6 Å². The van der Waals surface area contributed by atoms with Crippen LogP contribution in [0, 0.1) is 5.92 Å². The van der Waals surface area contributed by atoms with Gasteiger partial charge >= 0.3 is 0 Å². The summed E-state index contributed by atoms with van der Waals surface area (Å²) in [5, 5.41) is 0. The van der Waals surface area contributed by atoms with E-state index in [9.17, 15) is 8.42 Å². The molecule has 2 rings (SSSR count). The van der Waals surface area contributed by atoms with Gasteiger partial charge in [-0.15, -0.1) is 24.8 Å². The van der Waals surface area contributed by atoms with E-state index in [2.05, 4.69) is 21.5 Å². The van der Waals surface area contributed by atoms with Crippen LogP contribution in [0.15, 0.2) is 24.4 Å². The Balaban J connectivity index is 0.00000288. The first-order valence-electron chi connectivity index (χ1n) is 8.66. The Hall–Kier alpha value is -0.400. The lowest BCUT2D eigenvalue weighted by Gasteiger charge is -2.19. The van der Waals surface area contributed by atoms with Crippen molar-refractivity contribution in [3.8, 4) is 0 Å². The normalized spacial score (nSPS) is 20.7. The van der Waals surface area contributed by atoms with Gasteiger partial charge in [-0.1, -0.05) is 26.3 Å². The molecule has 0 aromatic carbocycles. The van der Waals surface area contributed by atoms with Crippen molar-refractivity contribution in [2.24, 2.45) is 5.92 Å². The van der Waals surface area contributed by atoms with Crippen LogP contribution in [0.4, 0.5) is 0 Å². The van der Waals surface area contributed by atoms with Crippen molar-refractivity contribution in [1.29, 1.82) is 0 Å². The number of nitrogens with one attached hydrogen (secondary N) is 1. The van der Waals surface area contributed by atoms with Crippen LogP contribution in [0.5, 0.6) is 0 Å². The summed E-state index contributed by atoms with van der Waals surface area (Å²) < 4.78 is 27.1. The summed E-state index contributed by atoms with van der Waals surface area (Å²) >= 11 is 0. The minimum atomic E-state index is -3.15. The van der Waals surface area contributed by atoms with Crippen LogP contribution in [0.2, 0.25) is 0 Å². The lowest BCUT2D eigenvalue weighted by atomic mass is 9.99. The molecule has 1 aromatic heterocycles. The Labute approximate surface area is 164 Å². The summed E-state index contributed by atoms with van der Waals surface area (Å²) in [5.74, 6) is 0.631. The standard InChI is InChI=1S/C17H29N3O2S.2ClH/c1-3-7-15-13-20(11-9-16-8-5-6-10-18-16)14-17(15)19-23(21,22)12-4-2;;/h5-6,8,10,15,17,19H,3-4,7,9,11-14H2,1-2H3;2*1H/t15-,17-;;/m0../s1. The molecule has 1 aliphatic heterocycles. The summed E-state index contributed by atoms with van der Waals surface area (Å²) in [6.07, 6.45) is 5.54. The number of hydrogen-bond acceptors (Lipinski definition) is 4. The lowest BCUT2D eigenvalue weighted by molar-refractivity contribution is 0.323. The van der Waals surface area contributed by atoms with Crippen LogP contribution in [-0.2, 0) is 16.4 Å². The second kappa shape index (κ2) is 12.1. The van der Waals surface area contributed by atoms with Crippen LogP contribution in [0.1, 0.15) is 38.8 Å². The molecule has 8 heteroatoms. The molecule has 1 fully saturated rings. The van der Waals surface area contributed by atoms with E-state index in [0.717, 1.165) is 44.6 Å². The average molecular weight is 412 g/mol. The van der Waals surface area contributed by atoms with E-state index in [1.54, 1.807) is 0 Å². The molecule has 0 unspecified atom stereocenters. The number of likely N-dealkylation sites (tertiary alicyclic amines) is 1. The number of aromatic nitrogens is 1. The number of halogens is 2. The van der Waals surface area contributed by atoms with Gasteiger partial charge in [0.1, 0.15) is 0 Å². The SMILES string of the molecule is CCC[C@H]1CN(CCc2ccccn2)C[C@@H]1NS(=O)(=O)CCC.Cl.Cl. The van der Waals surface area contributed by atoms with E-state index in [0.29, 0.717) is 12.3 Å². The Bertz CT molecular complexity index is 573. The Morgan fingerprint density at radius 3 is 2.56 bits per heavy atom. The Morgan fingerprint density at radius 1 is 1.20 bits per heavy atom. The molecule has 0 spiro atoms. The first-order valence-corrected chi connectivity index (χ1v) is 10.3. The molecule has 0 saturated carbocycles. The largest absolute Gasteiger partial charge is 0.301 e. The van der Waals surface area contributed by atoms with Crippen LogP contribution >= 0.6 is 24.8 Å². The predicted molar refractivity (Wildman–Crippen MR) is 108 cm³/mol. The fraction of sp³-hybridized carbons (Fsp3) is 0.706. The van der Waals surface area contributed by atoms with Gasteiger partial charge in [-0.25, -0.2) is 13.1 Å². The second-order valence-corrected chi connectivity index (χ2v) is 8.30. The molecule has 0 bridgehead atoms. The van der Waals surface area contributed by atoms with Gasteiger partial charge in [-0.05, 0) is 30.9 Å². The second-order valence-electron chi connectivity index (χ2n) is 6.42. The minimum Gasteiger partial charge on any atom is -0.301 e. The number of pyridine rings is 1. The van der Waals surface area contributed by atoms with E-state index < -0.39 is 10.0 Å². The van der Waals surface area contributed by atoms with Crippen LogP contribution in [-0.4, -0.2) is 49.7 Å². The van der Waals surface area contributed by atoms with E-state index in [1.807, 2.05) is 31.3 Å². The molecule has 0 aliphatic carbocycles. The van der Waals surface area contributed by atoms with E-state index in [4.69, 9.17) is 0 Å². The van der Waals surface area contributed by atoms with Gasteiger partial charge in [0.25, 0.3) is 0 Å². The molecule has 2 atom stereocenters. The Morgan fingerprint density at radius 2 is 1.96 bits per heavy atom. The lowest BCUT2D eigenvalue weighted by Crippen LogP contribution is -2.41. The van der Waals surface area contributed by atoms with E-state index in [1.165, 1.54) is 0 Å². The third-order valence-electron chi connectivity index (χ3n) is 4.39. The van der Waals surface area contributed by atoms with Gasteiger partial charge in [-0.3, -0.25) is 4.98 Å². The topological polar surface area (TPSA) is 62.3 Å². The zero-order valence-corrected chi connectivity index (χ0v) is 17.5.